The lowest BCUT2D eigenvalue weighted by molar-refractivity contribution is -0.132. The molecule has 2 fully saturated rings. The van der Waals surface area contributed by atoms with Crippen LogP contribution in [0.3, 0.4) is 0 Å². The Morgan fingerprint density at radius 2 is 1.84 bits per heavy atom. The van der Waals surface area contributed by atoms with Crippen LogP contribution in [0.15, 0.2) is 35.2 Å². The summed E-state index contributed by atoms with van der Waals surface area (Å²) in [5.41, 5.74) is 0. The van der Waals surface area contributed by atoms with Crippen LogP contribution >= 0.6 is 11.8 Å². The zero-order valence-electron chi connectivity index (χ0n) is 18.1. The number of carbonyl (C=O) groups excluding carboxylic acids is 2. The van der Waals surface area contributed by atoms with Gasteiger partial charge in [0.2, 0.25) is 21.8 Å². The lowest BCUT2D eigenvalue weighted by atomic mass is 9.98. The van der Waals surface area contributed by atoms with E-state index in [0.717, 1.165) is 31.4 Å². The molecule has 9 heteroatoms. The quantitative estimate of drug-likeness (QED) is 0.581. The van der Waals surface area contributed by atoms with Gasteiger partial charge >= 0.3 is 0 Å². The van der Waals surface area contributed by atoms with Gasteiger partial charge in [-0.15, -0.1) is 0 Å². The van der Waals surface area contributed by atoms with Gasteiger partial charge in [0.25, 0.3) is 0 Å². The Hall–Kier alpha value is -1.58. The molecule has 31 heavy (non-hydrogen) atoms. The van der Waals surface area contributed by atoms with Crippen LogP contribution in [0.5, 0.6) is 0 Å². The number of nitrogens with one attached hydrogen (secondary N) is 2. The summed E-state index contributed by atoms with van der Waals surface area (Å²) in [4.78, 5) is 26.0. The van der Waals surface area contributed by atoms with Gasteiger partial charge in [0.15, 0.2) is 0 Å². The second-order valence-electron chi connectivity index (χ2n) is 8.35. The highest BCUT2D eigenvalue weighted by atomic mass is 32.2. The average molecular weight is 468 g/mol. The number of hydrogen-bond acceptors (Lipinski definition) is 5. The van der Waals surface area contributed by atoms with E-state index < -0.39 is 22.0 Å². The molecule has 0 spiro atoms. The third-order valence-corrected chi connectivity index (χ3v) is 8.60. The Kier molecular flexibility index (Phi) is 8.80. The van der Waals surface area contributed by atoms with Gasteiger partial charge in [0.05, 0.1) is 10.8 Å². The molecule has 7 nitrogen and oxygen atoms in total. The van der Waals surface area contributed by atoms with Crippen LogP contribution in [-0.2, 0) is 19.6 Å². The van der Waals surface area contributed by atoms with E-state index in [1.54, 1.807) is 42.1 Å². The van der Waals surface area contributed by atoms with Crippen molar-refractivity contribution in [3.63, 3.8) is 0 Å². The third-order valence-electron chi connectivity index (χ3n) is 6.08. The number of amides is 2. The maximum absolute atomic E-state index is 13.0. The topological polar surface area (TPSA) is 95.6 Å². The molecule has 2 aliphatic rings. The van der Waals surface area contributed by atoms with E-state index in [1.165, 1.54) is 4.31 Å². The monoisotopic (exact) mass is 467 g/mol. The van der Waals surface area contributed by atoms with Crippen molar-refractivity contribution in [1.82, 2.24) is 14.9 Å². The van der Waals surface area contributed by atoms with Crippen LogP contribution in [0.1, 0.15) is 44.9 Å². The number of hydrogen-bond donors (Lipinski definition) is 2. The molecule has 1 saturated heterocycles. The molecule has 1 aliphatic carbocycles. The summed E-state index contributed by atoms with van der Waals surface area (Å²) in [6.07, 6.45) is 8.00. The van der Waals surface area contributed by atoms with Gasteiger partial charge in [-0.05, 0) is 56.2 Å². The Balaban J connectivity index is 1.63. The molecule has 0 bridgehead atoms. The minimum atomic E-state index is -3.63. The summed E-state index contributed by atoms with van der Waals surface area (Å²) in [6, 6.07) is 7.93. The maximum atomic E-state index is 13.0. The van der Waals surface area contributed by atoms with E-state index in [1.807, 2.05) is 6.26 Å². The van der Waals surface area contributed by atoms with Gasteiger partial charge in [0.1, 0.15) is 6.04 Å². The standard InChI is InChI=1S/C22H33N3O4S2/c1-30-15-13-20(22(27)23-18-9-5-6-10-18)24-21(26)17-8-7-14-25(16-17)31(28,29)19-11-3-2-4-12-19/h2-4,11-12,17-18,20H,5-10,13-16H2,1H3,(H,23,27)(H,24,26)/t17-,20-/m0/s1. The third kappa shape index (κ3) is 6.46. The minimum absolute atomic E-state index is 0.126. The van der Waals surface area contributed by atoms with Gasteiger partial charge in [-0.3, -0.25) is 9.59 Å². The average Bonchev–Trinajstić information content (AvgIpc) is 3.30. The number of nitrogens with zero attached hydrogens (tertiary/aromatic N) is 1. The highest BCUT2D eigenvalue weighted by Gasteiger charge is 2.35. The molecule has 2 atom stereocenters. The molecule has 2 amide bonds. The second kappa shape index (κ2) is 11.3. The van der Waals surface area contributed by atoms with Gasteiger partial charge in [-0.1, -0.05) is 31.0 Å². The molecular formula is C22H33N3O4S2. The summed E-state index contributed by atoms with van der Waals surface area (Å²) < 4.78 is 27.3. The van der Waals surface area contributed by atoms with Crippen molar-refractivity contribution < 1.29 is 18.0 Å². The Morgan fingerprint density at radius 3 is 2.52 bits per heavy atom. The van der Waals surface area contributed by atoms with Crippen LogP contribution in [0, 0.1) is 5.92 Å². The van der Waals surface area contributed by atoms with Crippen LogP contribution in [0.4, 0.5) is 0 Å². The summed E-state index contributed by atoms with van der Waals surface area (Å²) in [5.74, 6) is -0.0508. The van der Waals surface area contributed by atoms with Crippen molar-refractivity contribution in [3.05, 3.63) is 30.3 Å². The lowest BCUT2D eigenvalue weighted by Gasteiger charge is -2.32. The van der Waals surface area contributed by atoms with Crippen LogP contribution in [0.25, 0.3) is 0 Å². The Morgan fingerprint density at radius 1 is 1.13 bits per heavy atom. The Bertz CT molecular complexity index is 842. The van der Waals surface area contributed by atoms with E-state index in [4.69, 9.17) is 0 Å². The Labute approximate surface area is 189 Å². The van der Waals surface area contributed by atoms with Gasteiger partial charge in [0, 0.05) is 19.1 Å². The van der Waals surface area contributed by atoms with Crippen LogP contribution in [-0.4, -0.2) is 61.7 Å². The summed E-state index contributed by atoms with van der Waals surface area (Å²) in [5, 5.41) is 6.00. The van der Waals surface area contributed by atoms with Crippen molar-refractivity contribution >= 4 is 33.6 Å². The highest BCUT2D eigenvalue weighted by Crippen LogP contribution is 2.24. The van der Waals surface area contributed by atoms with Crippen molar-refractivity contribution in [2.45, 2.75) is 61.9 Å². The van der Waals surface area contributed by atoms with E-state index in [0.29, 0.717) is 25.8 Å². The van der Waals surface area contributed by atoms with Crippen LogP contribution < -0.4 is 10.6 Å². The van der Waals surface area contributed by atoms with E-state index in [9.17, 15) is 18.0 Å². The van der Waals surface area contributed by atoms with Gasteiger partial charge in [-0.25, -0.2) is 8.42 Å². The number of sulfonamides is 1. The summed E-state index contributed by atoms with van der Waals surface area (Å²) in [7, 11) is -3.63. The van der Waals surface area contributed by atoms with Crippen molar-refractivity contribution in [1.29, 1.82) is 0 Å². The zero-order valence-corrected chi connectivity index (χ0v) is 19.7. The van der Waals surface area contributed by atoms with E-state index >= 15 is 0 Å². The predicted molar refractivity (Wildman–Crippen MR) is 123 cm³/mol. The fourth-order valence-corrected chi connectivity index (χ4v) is 6.30. The smallest absolute Gasteiger partial charge is 0.243 e. The molecular weight excluding hydrogens is 434 g/mol. The van der Waals surface area contributed by atoms with Crippen molar-refractivity contribution in [3.8, 4) is 0 Å². The molecule has 0 aromatic heterocycles. The molecule has 3 rings (SSSR count). The molecule has 1 saturated carbocycles. The highest BCUT2D eigenvalue weighted by molar-refractivity contribution is 7.98. The van der Waals surface area contributed by atoms with Gasteiger partial charge < -0.3 is 10.6 Å². The number of carbonyl (C=O) groups is 2. The molecule has 172 valence electrons. The van der Waals surface area contributed by atoms with Crippen molar-refractivity contribution in [2.24, 2.45) is 5.92 Å². The first kappa shape index (κ1) is 24.1. The molecule has 0 radical (unpaired) electrons. The molecule has 1 heterocycles. The SMILES string of the molecule is CSCC[C@H](NC(=O)[C@H]1CCCN(S(=O)(=O)c2ccccc2)C1)C(=O)NC1CCCC1. The van der Waals surface area contributed by atoms with Crippen LogP contribution in [0.2, 0.25) is 0 Å². The fourth-order valence-electron chi connectivity index (χ4n) is 4.28. The second-order valence-corrected chi connectivity index (χ2v) is 11.3. The lowest BCUT2D eigenvalue weighted by Crippen LogP contribution is -2.53. The molecule has 1 aromatic rings. The van der Waals surface area contributed by atoms with E-state index in [-0.39, 0.29) is 29.3 Å². The predicted octanol–water partition coefficient (Wildman–Crippen LogP) is 2.38. The molecule has 1 aromatic carbocycles. The minimum Gasteiger partial charge on any atom is -0.352 e. The number of rotatable bonds is 9. The van der Waals surface area contributed by atoms with Gasteiger partial charge in [-0.2, -0.15) is 16.1 Å². The normalized spacial score (nSPS) is 21.5. The molecule has 0 unspecified atom stereocenters. The first-order valence-electron chi connectivity index (χ1n) is 11.1. The molecule has 2 N–H and O–H groups in total. The maximum Gasteiger partial charge on any atom is 0.243 e. The summed E-state index contributed by atoms with van der Waals surface area (Å²) >= 11 is 1.64. The van der Waals surface area contributed by atoms with Crippen molar-refractivity contribution in [2.75, 3.05) is 25.1 Å². The van der Waals surface area contributed by atoms with E-state index in [2.05, 4.69) is 10.6 Å². The largest absolute Gasteiger partial charge is 0.352 e. The molecule has 1 aliphatic heterocycles. The number of thioether (sulfide) groups is 1. The summed E-state index contributed by atoms with van der Waals surface area (Å²) in [6.45, 7) is 0.543. The first-order chi connectivity index (χ1) is 14.9. The number of piperidine rings is 1. The number of benzene rings is 1. The zero-order chi connectivity index (χ0) is 22.3. The first-order valence-corrected chi connectivity index (χ1v) is 13.9. The fraction of sp³-hybridized carbons (Fsp3) is 0.636.